The van der Waals surface area contributed by atoms with Gasteiger partial charge in [-0.3, -0.25) is 9.78 Å². The fourth-order valence-electron chi connectivity index (χ4n) is 3.67. The summed E-state index contributed by atoms with van der Waals surface area (Å²) in [4.78, 5) is 25.6. The van der Waals surface area contributed by atoms with Gasteiger partial charge < -0.3 is 15.2 Å². The first-order valence-electron chi connectivity index (χ1n) is 10.7. The Balaban J connectivity index is 1.70. The normalized spacial score (nSPS) is 10.8. The molecule has 2 N–H and O–H groups in total. The minimum Gasteiger partial charge on any atom is -0.497 e. The number of nitrogens with zero attached hydrogens (tertiary/aromatic N) is 3. The van der Waals surface area contributed by atoms with E-state index in [2.05, 4.69) is 9.97 Å². The molecule has 0 saturated heterocycles. The average molecular weight is 483 g/mol. The number of nitrogens with two attached hydrogens (primary N) is 1. The maximum absolute atomic E-state index is 12.0. The molecule has 0 atom stereocenters. The predicted molar refractivity (Wildman–Crippen MR) is 135 cm³/mol. The fraction of sp³-hybridized carbons (Fsp3) is 0.0370. The molecule has 1 amide bonds. The van der Waals surface area contributed by atoms with Crippen LogP contribution in [0.5, 0.6) is 17.4 Å². The van der Waals surface area contributed by atoms with Crippen LogP contribution >= 0.6 is 11.6 Å². The largest absolute Gasteiger partial charge is 0.497 e. The lowest BCUT2D eigenvalue weighted by Gasteiger charge is -2.13. The number of methoxy groups -OCH3 is 1. The SMILES string of the molecule is COc1cccc(-c2ccc3nc(-c4cccnc4)nc(Oc4ccc(Cl)cc4C(N)=O)c3c2)c1. The second-order valence-electron chi connectivity index (χ2n) is 7.66. The van der Waals surface area contributed by atoms with Gasteiger partial charge in [-0.05, 0) is 65.7 Å². The van der Waals surface area contributed by atoms with Crippen LogP contribution in [0.15, 0.2) is 85.2 Å². The molecule has 172 valence electrons. The van der Waals surface area contributed by atoms with Crippen molar-refractivity contribution in [2.45, 2.75) is 0 Å². The molecule has 2 aromatic heterocycles. The van der Waals surface area contributed by atoms with Crippen LogP contribution in [-0.2, 0) is 0 Å². The van der Waals surface area contributed by atoms with Crippen LogP contribution in [0.2, 0.25) is 5.02 Å². The molecular weight excluding hydrogens is 464 g/mol. The highest BCUT2D eigenvalue weighted by Gasteiger charge is 2.17. The summed E-state index contributed by atoms with van der Waals surface area (Å²) in [6, 6.07) is 21.9. The summed E-state index contributed by atoms with van der Waals surface area (Å²) in [5.74, 6) is 1.03. The Morgan fingerprint density at radius 3 is 2.51 bits per heavy atom. The van der Waals surface area contributed by atoms with Crippen LogP contribution in [0.4, 0.5) is 0 Å². The minimum atomic E-state index is -0.662. The summed E-state index contributed by atoms with van der Waals surface area (Å²) in [7, 11) is 1.63. The number of carbonyl (C=O) groups excluding carboxylic acids is 1. The average Bonchev–Trinajstić information content (AvgIpc) is 2.89. The minimum absolute atomic E-state index is 0.149. The molecule has 0 fully saturated rings. The summed E-state index contributed by atoms with van der Waals surface area (Å²) < 4.78 is 11.5. The number of aromatic nitrogens is 3. The van der Waals surface area contributed by atoms with Gasteiger partial charge in [0, 0.05) is 23.0 Å². The molecule has 5 rings (SSSR count). The van der Waals surface area contributed by atoms with Crippen LogP contribution in [0.1, 0.15) is 10.4 Å². The van der Waals surface area contributed by atoms with Crippen LogP contribution in [0, 0.1) is 0 Å². The van der Waals surface area contributed by atoms with Crippen molar-refractivity contribution in [2.75, 3.05) is 7.11 Å². The highest BCUT2D eigenvalue weighted by atomic mass is 35.5. The molecule has 0 bridgehead atoms. The van der Waals surface area contributed by atoms with Crippen molar-refractivity contribution >= 4 is 28.4 Å². The first-order chi connectivity index (χ1) is 17.0. The summed E-state index contributed by atoms with van der Waals surface area (Å²) in [6.45, 7) is 0. The predicted octanol–water partition coefficient (Wildman–Crippen LogP) is 5.91. The number of benzene rings is 3. The number of fused-ring (bicyclic) bond motifs is 1. The maximum atomic E-state index is 12.0. The van der Waals surface area contributed by atoms with Crippen molar-refractivity contribution in [3.8, 4) is 39.9 Å². The number of primary amides is 1. The number of hydrogen-bond acceptors (Lipinski definition) is 6. The number of ether oxygens (including phenoxy) is 2. The quantitative estimate of drug-likeness (QED) is 0.323. The Morgan fingerprint density at radius 1 is 0.914 bits per heavy atom. The second kappa shape index (κ2) is 9.40. The molecule has 35 heavy (non-hydrogen) atoms. The monoisotopic (exact) mass is 482 g/mol. The Labute approximate surface area is 206 Å². The Hall–Kier alpha value is -4.49. The van der Waals surface area contributed by atoms with E-state index in [1.165, 1.54) is 6.07 Å². The van der Waals surface area contributed by atoms with Gasteiger partial charge in [-0.2, -0.15) is 4.98 Å². The Morgan fingerprint density at radius 2 is 1.74 bits per heavy atom. The molecule has 0 aliphatic heterocycles. The molecule has 7 nitrogen and oxygen atoms in total. The smallest absolute Gasteiger partial charge is 0.252 e. The third-order valence-corrected chi connectivity index (χ3v) is 5.63. The molecule has 5 aromatic rings. The van der Waals surface area contributed by atoms with Crippen LogP contribution < -0.4 is 15.2 Å². The van der Waals surface area contributed by atoms with E-state index in [1.54, 1.807) is 37.7 Å². The van der Waals surface area contributed by atoms with Crippen LogP contribution in [0.25, 0.3) is 33.4 Å². The molecular formula is C27H19ClN4O3. The van der Waals surface area contributed by atoms with Crippen molar-refractivity contribution in [3.63, 3.8) is 0 Å². The lowest BCUT2D eigenvalue weighted by atomic mass is 10.0. The summed E-state index contributed by atoms with van der Waals surface area (Å²) in [5, 5.41) is 1.03. The first kappa shape index (κ1) is 22.3. The van der Waals surface area contributed by atoms with Gasteiger partial charge in [0.1, 0.15) is 11.5 Å². The third kappa shape index (κ3) is 4.62. The van der Waals surface area contributed by atoms with Crippen molar-refractivity contribution in [2.24, 2.45) is 5.73 Å². The van der Waals surface area contributed by atoms with Gasteiger partial charge in [-0.15, -0.1) is 0 Å². The van der Waals surface area contributed by atoms with Gasteiger partial charge in [-0.25, -0.2) is 4.98 Å². The lowest BCUT2D eigenvalue weighted by molar-refractivity contribution is 0.0998. The van der Waals surface area contributed by atoms with E-state index in [9.17, 15) is 4.79 Å². The molecule has 0 radical (unpaired) electrons. The van der Waals surface area contributed by atoms with Gasteiger partial charge in [0.15, 0.2) is 5.82 Å². The zero-order valence-corrected chi connectivity index (χ0v) is 19.4. The van der Waals surface area contributed by atoms with Gasteiger partial charge in [0.25, 0.3) is 5.91 Å². The number of halogens is 1. The summed E-state index contributed by atoms with van der Waals surface area (Å²) in [6.07, 6.45) is 3.35. The van der Waals surface area contributed by atoms with Crippen molar-refractivity contribution in [1.29, 1.82) is 0 Å². The van der Waals surface area contributed by atoms with E-state index in [1.807, 2.05) is 48.5 Å². The molecule has 3 aromatic carbocycles. The van der Waals surface area contributed by atoms with Crippen molar-refractivity contribution < 1.29 is 14.3 Å². The van der Waals surface area contributed by atoms with E-state index in [0.29, 0.717) is 21.7 Å². The number of amides is 1. The van der Waals surface area contributed by atoms with Gasteiger partial charge in [0.05, 0.1) is 23.6 Å². The molecule has 0 spiro atoms. The first-order valence-corrected chi connectivity index (χ1v) is 11.0. The topological polar surface area (TPSA) is 100 Å². The third-order valence-electron chi connectivity index (χ3n) is 5.40. The number of pyridine rings is 1. The van der Waals surface area contributed by atoms with Crippen LogP contribution in [-0.4, -0.2) is 28.0 Å². The van der Waals surface area contributed by atoms with Gasteiger partial charge in [0.2, 0.25) is 5.88 Å². The Bertz CT molecular complexity index is 1560. The highest BCUT2D eigenvalue weighted by Crippen LogP contribution is 2.35. The zero-order chi connectivity index (χ0) is 24.4. The molecule has 8 heteroatoms. The summed E-state index contributed by atoms with van der Waals surface area (Å²) >= 11 is 6.07. The van der Waals surface area contributed by atoms with Gasteiger partial charge >= 0.3 is 0 Å². The van der Waals surface area contributed by atoms with E-state index in [4.69, 9.17) is 31.8 Å². The maximum Gasteiger partial charge on any atom is 0.252 e. The zero-order valence-electron chi connectivity index (χ0n) is 18.6. The fourth-order valence-corrected chi connectivity index (χ4v) is 3.84. The van der Waals surface area contributed by atoms with E-state index in [-0.39, 0.29) is 17.2 Å². The molecule has 0 saturated carbocycles. The molecule has 0 aliphatic rings. The van der Waals surface area contributed by atoms with Crippen LogP contribution in [0.3, 0.4) is 0 Å². The molecule has 2 heterocycles. The Kier molecular flexibility index (Phi) is 5.99. The van der Waals surface area contributed by atoms with Gasteiger partial charge in [-0.1, -0.05) is 29.8 Å². The van der Waals surface area contributed by atoms with Crippen molar-refractivity contribution in [1.82, 2.24) is 15.0 Å². The standard InChI is InChI=1S/C27H19ClN4O3/c1-34-20-6-2-4-16(12-20)17-7-9-23-21(13-17)27(32-26(31-23)18-5-3-11-30-15-18)35-24-10-8-19(28)14-22(24)25(29)33/h2-15H,1H3,(H2,29,33). The lowest BCUT2D eigenvalue weighted by Crippen LogP contribution is -2.12. The highest BCUT2D eigenvalue weighted by molar-refractivity contribution is 6.31. The summed E-state index contributed by atoms with van der Waals surface area (Å²) in [5.41, 5.74) is 8.98. The van der Waals surface area contributed by atoms with E-state index in [0.717, 1.165) is 22.4 Å². The molecule has 0 aliphatic carbocycles. The number of carbonyl (C=O) groups is 1. The number of hydrogen-bond donors (Lipinski definition) is 1. The van der Waals surface area contributed by atoms with Crippen molar-refractivity contribution in [3.05, 3.63) is 95.8 Å². The number of rotatable bonds is 6. The van der Waals surface area contributed by atoms with E-state index >= 15 is 0 Å². The molecule has 0 unspecified atom stereocenters. The van der Waals surface area contributed by atoms with E-state index < -0.39 is 5.91 Å². The second-order valence-corrected chi connectivity index (χ2v) is 8.10.